The molecule has 0 fully saturated rings. The molecule has 28 heavy (non-hydrogen) atoms. The van der Waals surface area contributed by atoms with Gasteiger partial charge in [-0.2, -0.15) is 0 Å². The van der Waals surface area contributed by atoms with Gasteiger partial charge >= 0.3 is 0 Å². The Hall–Kier alpha value is -2.77. The van der Waals surface area contributed by atoms with Crippen molar-refractivity contribution in [2.45, 2.75) is 30.7 Å². The summed E-state index contributed by atoms with van der Waals surface area (Å²) in [5.74, 6) is -0.116. The van der Waals surface area contributed by atoms with E-state index in [4.69, 9.17) is 0 Å². The van der Waals surface area contributed by atoms with Gasteiger partial charge in [0.15, 0.2) is 0 Å². The number of benzene rings is 2. The van der Waals surface area contributed by atoms with Crippen LogP contribution in [-0.2, 0) is 14.8 Å². The van der Waals surface area contributed by atoms with Gasteiger partial charge in [-0.15, -0.1) is 0 Å². The van der Waals surface area contributed by atoms with Gasteiger partial charge in [0.05, 0.1) is 10.9 Å². The Labute approximate surface area is 165 Å². The average Bonchev–Trinajstić information content (AvgIpc) is 2.71. The van der Waals surface area contributed by atoms with Crippen LogP contribution in [0.25, 0.3) is 10.8 Å². The molecular weight excluding hydrogens is 374 g/mol. The number of carbonyl (C=O) groups is 1. The van der Waals surface area contributed by atoms with E-state index in [1.165, 1.54) is 0 Å². The van der Waals surface area contributed by atoms with Gasteiger partial charge in [0.1, 0.15) is 0 Å². The van der Waals surface area contributed by atoms with Gasteiger partial charge < -0.3 is 5.32 Å². The van der Waals surface area contributed by atoms with E-state index >= 15 is 0 Å². The summed E-state index contributed by atoms with van der Waals surface area (Å²) in [7, 11) is -3.60. The monoisotopic (exact) mass is 397 g/mol. The maximum atomic E-state index is 12.5. The molecule has 1 heterocycles. The second-order valence-corrected chi connectivity index (χ2v) is 8.35. The summed E-state index contributed by atoms with van der Waals surface area (Å²) in [6.45, 7) is 2.10. The molecule has 0 aliphatic heterocycles. The Kier molecular flexibility index (Phi) is 6.38. The second-order valence-electron chi connectivity index (χ2n) is 6.58. The van der Waals surface area contributed by atoms with Crippen LogP contribution in [0, 0.1) is 0 Å². The highest BCUT2D eigenvalue weighted by molar-refractivity contribution is 7.89. The number of amides is 1. The number of carbonyl (C=O) groups excluding carboxylic acids is 1. The number of aromatic nitrogens is 1. The van der Waals surface area contributed by atoms with E-state index in [1.807, 2.05) is 43.3 Å². The molecule has 146 valence electrons. The van der Waals surface area contributed by atoms with E-state index in [-0.39, 0.29) is 29.8 Å². The van der Waals surface area contributed by atoms with Crippen LogP contribution in [0.15, 0.2) is 71.9 Å². The van der Waals surface area contributed by atoms with Crippen molar-refractivity contribution in [3.63, 3.8) is 0 Å². The summed E-state index contributed by atoms with van der Waals surface area (Å²) in [4.78, 5) is 16.2. The molecular formula is C21H23N3O3S. The lowest BCUT2D eigenvalue weighted by atomic mass is 10.1. The molecule has 0 bridgehead atoms. The van der Waals surface area contributed by atoms with Crippen molar-refractivity contribution in [3.05, 3.63) is 72.6 Å². The minimum absolute atomic E-state index is 0.116. The number of sulfonamides is 1. The van der Waals surface area contributed by atoms with Crippen molar-refractivity contribution in [2.75, 3.05) is 6.54 Å². The first-order chi connectivity index (χ1) is 13.5. The molecule has 1 unspecified atom stereocenters. The lowest BCUT2D eigenvalue weighted by molar-refractivity contribution is -0.121. The molecule has 6 nitrogen and oxygen atoms in total. The third-order valence-corrected chi connectivity index (χ3v) is 5.95. The first-order valence-electron chi connectivity index (χ1n) is 9.13. The molecule has 3 aromatic rings. The van der Waals surface area contributed by atoms with Crippen molar-refractivity contribution in [1.82, 2.24) is 15.0 Å². The van der Waals surface area contributed by atoms with Crippen molar-refractivity contribution >= 4 is 26.7 Å². The number of nitrogens with one attached hydrogen (secondary N) is 2. The fraction of sp³-hybridized carbons (Fsp3) is 0.238. The minimum atomic E-state index is -3.60. The topological polar surface area (TPSA) is 88.2 Å². The van der Waals surface area contributed by atoms with E-state index in [2.05, 4.69) is 15.0 Å². The quantitative estimate of drug-likeness (QED) is 0.572. The van der Waals surface area contributed by atoms with Gasteiger partial charge in [-0.1, -0.05) is 30.3 Å². The van der Waals surface area contributed by atoms with Crippen LogP contribution in [-0.4, -0.2) is 25.9 Å². The number of pyridine rings is 1. The number of fused-ring (bicyclic) bond motifs is 1. The fourth-order valence-corrected chi connectivity index (χ4v) is 4.03. The molecule has 0 saturated heterocycles. The first-order valence-corrected chi connectivity index (χ1v) is 10.6. The second kappa shape index (κ2) is 8.95. The van der Waals surface area contributed by atoms with Gasteiger partial charge in [0.25, 0.3) is 0 Å². The maximum Gasteiger partial charge on any atom is 0.240 e. The predicted molar refractivity (Wildman–Crippen MR) is 109 cm³/mol. The lowest BCUT2D eigenvalue weighted by Crippen LogP contribution is -2.29. The zero-order valence-electron chi connectivity index (χ0n) is 15.6. The summed E-state index contributed by atoms with van der Waals surface area (Å²) >= 11 is 0. The summed E-state index contributed by atoms with van der Waals surface area (Å²) in [5, 5.41) is 4.76. The van der Waals surface area contributed by atoms with Gasteiger partial charge in [0, 0.05) is 25.4 Å². The molecule has 1 amide bonds. The van der Waals surface area contributed by atoms with Crippen LogP contribution in [0.2, 0.25) is 0 Å². The Balaban J connectivity index is 1.49. The third kappa shape index (κ3) is 5.15. The highest BCUT2D eigenvalue weighted by atomic mass is 32.2. The Morgan fingerprint density at radius 3 is 2.50 bits per heavy atom. The van der Waals surface area contributed by atoms with Gasteiger partial charge in [-0.3, -0.25) is 9.78 Å². The predicted octanol–water partition coefficient (Wildman–Crippen LogP) is 3.17. The molecule has 1 atom stereocenters. The summed E-state index contributed by atoms with van der Waals surface area (Å²) in [6.07, 6.45) is 4.02. The zero-order valence-corrected chi connectivity index (χ0v) is 16.4. The van der Waals surface area contributed by atoms with Crippen LogP contribution >= 0.6 is 0 Å². The van der Waals surface area contributed by atoms with Crippen LogP contribution in [0.5, 0.6) is 0 Å². The molecule has 2 N–H and O–H groups in total. The van der Waals surface area contributed by atoms with Gasteiger partial charge in [0.2, 0.25) is 15.9 Å². The normalized spacial score (nSPS) is 12.6. The standard InChI is InChI=1S/C21H23N3O3S/c1-16(17-10-13-22-14-11-17)24-21(25)7-4-12-23-28(26,27)20-9-8-18-5-2-3-6-19(18)15-20/h2-3,5-6,8-11,13-16,23H,4,7,12H2,1H3,(H,24,25). The van der Waals surface area contributed by atoms with Crippen molar-refractivity contribution in [3.8, 4) is 0 Å². The smallest absolute Gasteiger partial charge is 0.240 e. The molecule has 7 heteroatoms. The van der Waals surface area contributed by atoms with Crippen molar-refractivity contribution in [2.24, 2.45) is 0 Å². The SMILES string of the molecule is CC(NC(=O)CCCNS(=O)(=O)c1ccc2ccccc2c1)c1ccncc1. The van der Waals surface area contributed by atoms with Crippen molar-refractivity contribution in [1.29, 1.82) is 0 Å². The molecule has 2 aromatic carbocycles. The maximum absolute atomic E-state index is 12.5. The van der Waals surface area contributed by atoms with E-state index in [1.54, 1.807) is 30.6 Å². The Morgan fingerprint density at radius 2 is 1.75 bits per heavy atom. The molecule has 0 radical (unpaired) electrons. The zero-order chi connectivity index (χ0) is 20.0. The third-order valence-electron chi connectivity index (χ3n) is 4.49. The molecule has 0 aliphatic carbocycles. The molecule has 0 aliphatic rings. The average molecular weight is 398 g/mol. The van der Waals surface area contributed by atoms with Gasteiger partial charge in [-0.05, 0) is 53.9 Å². The van der Waals surface area contributed by atoms with Crippen LogP contribution in [0.4, 0.5) is 0 Å². The summed E-state index contributed by atoms with van der Waals surface area (Å²) in [5.41, 5.74) is 0.973. The van der Waals surface area contributed by atoms with Crippen LogP contribution in [0.1, 0.15) is 31.4 Å². The number of hydrogen-bond acceptors (Lipinski definition) is 4. The van der Waals surface area contributed by atoms with E-state index in [0.29, 0.717) is 6.42 Å². The van der Waals surface area contributed by atoms with Crippen molar-refractivity contribution < 1.29 is 13.2 Å². The number of rotatable bonds is 8. The number of nitrogens with zero attached hydrogens (tertiary/aromatic N) is 1. The Bertz CT molecular complexity index is 1050. The summed E-state index contributed by atoms with van der Waals surface area (Å²) < 4.78 is 27.5. The molecule has 0 saturated carbocycles. The van der Waals surface area contributed by atoms with Crippen LogP contribution in [0.3, 0.4) is 0 Å². The molecule has 0 spiro atoms. The van der Waals surface area contributed by atoms with E-state index in [9.17, 15) is 13.2 Å². The highest BCUT2D eigenvalue weighted by Crippen LogP contribution is 2.18. The Morgan fingerprint density at radius 1 is 1.04 bits per heavy atom. The largest absolute Gasteiger partial charge is 0.350 e. The van der Waals surface area contributed by atoms with Gasteiger partial charge in [-0.25, -0.2) is 13.1 Å². The highest BCUT2D eigenvalue weighted by Gasteiger charge is 2.14. The summed E-state index contributed by atoms with van der Waals surface area (Å²) in [6, 6.07) is 16.2. The molecule has 1 aromatic heterocycles. The van der Waals surface area contributed by atoms with E-state index < -0.39 is 10.0 Å². The minimum Gasteiger partial charge on any atom is -0.350 e. The fourth-order valence-electron chi connectivity index (χ4n) is 2.92. The lowest BCUT2D eigenvalue weighted by Gasteiger charge is -2.14. The van der Waals surface area contributed by atoms with Crippen LogP contribution < -0.4 is 10.0 Å². The first kappa shape index (κ1) is 20.0. The van der Waals surface area contributed by atoms with E-state index in [0.717, 1.165) is 16.3 Å². The molecule has 3 rings (SSSR count). The number of hydrogen-bond donors (Lipinski definition) is 2.